The highest BCUT2D eigenvalue weighted by Crippen LogP contribution is 2.53. The Bertz CT molecular complexity index is 1260. The zero-order valence-corrected chi connectivity index (χ0v) is 27.2. The molecule has 234 valence electrons. The van der Waals surface area contributed by atoms with Crippen molar-refractivity contribution in [1.29, 1.82) is 0 Å². The molecule has 0 spiro atoms. The monoisotopic (exact) mass is 590 g/mol. The van der Waals surface area contributed by atoms with Crippen molar-refractivity contribution in [3.8, 4) is 11.5 Å². The van der Waals surface area contributed by atoms with E-state index >= 15 is 0 Å². The Morgan fingerprint density at radius 1 is 0.837 bits per heavy atom. The lowest BCUT2D eigenvalue weighted by Crippen LogP contribution is -2.42. The topological polar surface area (TPSA) is 71.1 Å². The van der Waals surface area contributed by atoms with Crippen molar-refractivity contribution in [2.75, 3.05) is 13.2 Å². The minimum atomic E-state index is -1.09. The molecule has 4 unspecified atom stereocenters. The third-order valence-electron chi connectivity index (χ3n) is 9.62. The first-order chi connectivity index (χ1) is 20.3. The summed E-state index contributed by atoms with van der Waals surface area (Å²) in [5.74, 6) is 0.746. The van der Waals surface area contributed by atoms with E-state index in [1.165, 1.54) is 11.1 Å². The van der Waals surface area contributed by atoms with Crippen molar-refractivity contribution in [2.24, 2.45) is 11.3 Å². The minimum absolute atomic E-state index is 0.146. The summed E-state index contributed by atoms with van der Waals surface area (Å²) in [5, 5.41) is 0. The van der Waals surface area contributed by atoms with Gasteiger partial charge in [0.25, 0.3) is 0 Å². The highest BCUT2D eigenvalue weighted by atomic mass is 16.6. The molecule has 6 heteroatoms. The van der Waals surface area contributed by atoms with Crippen LogP contribution < -0.4 is 9.47 Å². The van der Waals surface area contributed by atoms with E-state index in [9.17, 15) is 9.59 Å². The van der Waals surface area contributed by atoms with E-state index in [1.807, 2.05) is 38.1 Å². The number of hydrogen-bond donors (Lipinski definition) is 0. The van der Waals surface area contributed by atoms with Crippen molar-refractivity contribution < 1.29 is 28.5 Å². The molecular formula is C37H50O6. The van der Waals surface area contributed by atoms with Gasteiger partial charge >= 0.3 is 11.9 Å². The zero-order chi connectivity index (χ0) is 31.9. The van der Waals surface area contributed by atoms with E-state index in [4.69, 9.17) is 18.9 Å². The lowest BCUT2D eigenvalue weighted by Gasteiger charge is -2.48. The minimum Gasteiger partial charge on any atom is -0.476 e. The predicted octanol–water partition coefficient (Wildman–Crippen LogP) is 8.37. The second-order valence-electron chi connectivity index (χ2n) is 12.9. The van der Waals surface area contributed by atoms with Gasteiger partial charge in [0, 0.05) is 5.41 Å². The number of ether oxygens (including phenoxy) is 4. The third kappa shape index (κ3) is 7.59. The smallest absolute Gasteiger partial charge is 0.350 e. The van der Waals surface area contributed by atoms with E-state index in [0.717, 1.165) is 19.3 Å². The summed E-state index contributed by atoms with van der Waals surface area (Å²) < 4.78 is 23.0. The number of esters is 2. The Labute approximate surface area is 258 Å². The molecule has 6 nitrogen and oxygen atoms in total. The molecule has 4 atom stereocenters. The van der Waals surface area contributed by atoms with Crippen molar-refractivity contribution in [2.45, 2.75) is 97.2 Å². The Balaban J connectivity index is 1.91. The highest BCUT2D eigenvalue weighted by Gasteiger charge is 2.45. The molecule has 0 amide bonds. The predicted molar refractivity (Wildman–Crippen MR) is 171 cm³/mol. The Kier molecular flexibility index (Phi) is 11.1. The summed E-state index contributed by atoms with van der Waals surface area (Å²) >= 11 is 0. The van der Waals surface area contributed by atoms with E-state index < -0.39 is 23.1 Å². The summed E-state index contributed by atoms with van der Waals surface area (Å²) in [4.78, 5) is 25.7. The average molecular weight is 591 g/mol. The van der Waals surface area contributed by atoms with Crippen molar-refractivity contribution in [3.63, 3.8) is 0 Å². The molecule has 0 aromatic heterocycles. The number of hydrogen-bond acceptors (Lipinski definition) is 6. The first kappa shape index (κ1) is 34.1. The molecule has 1 fully saturated rings. The SMILES string of the molecule is C=CCOC(=O)C(C)(CC)Oc1ccc(C2(c3ccc(OC(=O)C(C)(CC)OCC=C)cc3)CCC(C)(C)C(C)C2)cc1. The standard InChI is InChI=1S/C37H50O6/c1-10-24-40-32(38)36(9,13-4)43-31-20-16-29(17-21-31)37(23-22-34(6,7)27(5)26-37)28-14-18-30(19-15-28)42-33(39)35(8,12-3)41-25-11-2/h10-11,14-21,27H,1-2,12-13,22-26H2,3-9H3. The fourth-order valence-corrected chi connectivity index (χ4v) is 5.63. The second-order valence-corrected chi connectivity index (χ2v) is 12.9. The fraction of sp³-hybridized carbons (Fsp3) is 0.514. The summed E-state index contributed by atoms with van der Waals surface area (Å²) in [6, 6.07) is 16.0. The largest absolute Gasteiger partial charge is 0.476 e. The van der Waals surface area contributed by atoms with Crippen LogP contribution >= 0.6 is 0 Å². The molecule has 0 heterocycles. The Morgan fingerprint density at radius 3 is 1.86 bits per heavy atom. The van der Waals surface area contributed by atoms with Gasteiger partial charge < -0.3 is 18.9 Å². The molecule has 0 N–H and O–H groups in total. The van der Waals surface area contributed by atoms with E-state index in [-0.39, 0.29) is 24.0 Å². The molecule has 1 aliphatic carbocycles. The van der Waals surface area contributed by atoms with Crippen LogP contribution in [0.2, 0.25) is 0 Å². The van der Waals surface area contributed by atoms with Crippen LogP contribution in [0, 0.1) is 11.3 Å². The number of rotatable bonds is 14. The van der Waals surface area contributed by atoms with Gasteiger partial charge in [-0.15, -0.1) is 6.58 Å². The summed E-state index contributed by atoms with van der Waals surface area (Å²) in [7, 11) is 0. The van der Waals surface area contributed by atoms with E-state index in [0.29, 0.717) is 30.3 Å². The molecule has 0 radical (unpaired) electrons. The van der Waals surface area contributed by atoms with Gasteiger partial charge in [-0.1, -0.05) is 77.6 Å². The molecule has 2 aromatic rings. The first-order valence-corrected chi connectivity index (χ1v) is 15.4. The molecule has 0 aliphatic heterocycles. The van der Waals surface area contributed by atoms with Gasteiger partial charge in [0.15, 0.2) is 5.60 Å². The summed E-state index contributed by atoms with van der Waals surface area (Å²) in [6.07, 6.45) is 7.16. The number of benzene rings is 2. The van der Waals surface area contributed by atoms with Gasteiger partial charge in [0.2, 0.25) is 5.60 Å². The van der Waals surface area contributed by atoms with E-state index in [1.54, 1.807) is 26.0 Å². The van der Waals surface area contributed by atoms with Gasteiger partial charge in [-0.05, 0) is 92.7 Å². The summed E-state index contributed by atoms with van der Waals surface area (Å²) in [5.41, 5.74) is 0.235. The van der Waals surface area contributed by atoms with Gasteiger partial charge in [0.05, 0.1) is 6.61 Å². The van der Waals surface area contributed by atoms with Crippen molar-refractivity contribution in [3.05, 3.63) is 85.0 Å². The van der Waals surface area contributed by atoms with Crippen LogP contribution in [0.3, 0.4) is 0 Å². The normalized spacial score (nSPS) is 22.3. The zero-order valence-electron chi connectivity index (χ0n) is 27.2. The molecular weight excluding hydrogens is 540 g/mol. The second kappa shape index (κ2) is 13.9. The van der Waals surface area contributed by atoms with Crippen LogP contribution in [0.15, 0.2) is 73.8 Å². The van der Waals surface area contributed by atoms with Gasteiger partial charge in [-0.2, -0.15) is 0 Å². The molecule has 43 heavy (non-hydrogen) atoms. The fourth-order valence-electron chi connectivity index (χ4n) is 5.63. The Hall–Kier alpha value is -3.38. The van der Waals surface area contributed by atoms with E-state index in [2.05, 4.69) is 58.2 Å². The average Bonchev–Trinajstić information content (AvgIpc) is 3.00. The van der Waals surface area contributed by atoms with Gasteiger partial charge in [0.1, 0.15) is 18.1 Å². The molecule has 3 rings (SSSR count). The maximum absolute atomic E-state index is 13.0. The van der Waals surface area contributed by atoms with Gasteiger partial charge in [-0.25, -0.2) is 9.59 Å². The Morgan fingerprint density at radius 2 is 1.37 bits per heavy atom. The van der Waals surface area contributed by atoms with Crippen LogP contribution in [0.25, 0.3) is 0 Å². The van der Waals surface area contributed by atoms with Gasteiger partial charge in [-0.3, -0.25) is 0 Å². The first-order valence-electron chi connectivity index (χ1n) is 15.4. The number of carbonyl (C=O) groups excluding carboxylic acids is 2. The lowest BCUT2D eigenvalue weighted by atomic mass is 9.56. The molecule has 0 saturated heterocycles. The molecule has 1 aliphatic rings. The number of carbonyl (C=O) groups is 2. The maximum atomic E-state index is 13.0. The van der Waals surface area contributed by atoms with Crippen LogP contribution in [-0.4, -0.2) is 36.4 Å². The molecule has 2 aromatic carbocycles. The lowest BCUT2D eigenvalue weighted by molar-refractivity contribution is -0.160. The van der Waals surface area contributed by atoms with Crippen LogP contribution in [-0.2, 0) is 24.5 Å². The van der Waals surface area contributed by atoms with Crippen LogP contribution in [0.1, 0.15) is 91.7 Å². The van der Waals surface area contributed by atoms with Crippen LogP contribution in [0.5, 0.6) is 11.5 Å². The third-order valence-corrected chi connectivity index (χ3v) is 9.62. The maximum Gasteiger partial charge on any atom is 0.350 e. The highest BCUT2D eigenvalue weighted by molar-refractivity contribution is 5.81. The van der Waals surface area contributed by atoms with Crippen molar-refractivity contribution >= 4 is 11.9 Å². The van der Waals surface area contributed by atoms with Crippen molar-refractivity contribution in [1.82, 2.24) is 0 Å². The molecule has 1 saturated carbocycles. The van der Waals surface area contributed by atoms with Crippen LogP contribution in [0.4, 0.5) is 0 Å². The summed E-state index contributed by atoms with van der Waals surface area (Å²) in [6.45, 7) is 22.0. The quantitative estimate of drug-likeness (QED) is 0.125. The molecule has 0 bridgehead atoms.